The Morgan fingerprint density at radius 1 is 1.25 bits per heavy atom. The third kappa shape index (κ3) is 6.32. The molecule has 2 aromatic rings. The molecule has 1 fully saturated rings. The molecule has 0 saturated heterocycles. The fraction of sp³-hybridized carbons (Fsp3) is 0.500. The van der Waals surface area contributed by atoms with Crippen LogP contribution in [0.3, 0.4) is 0 Å². The zero-order valence-corrected chi connectivity index (χ0v) is 19.4. The highest BCUT2D eigenvalue weighted by Gasteiger charge is 2.30. The van der Waals surface area contributed by atoms with Crippen LogP contribution in [0.2, 0.25) is 0 Å². The van der Waals surface area contributed by atoms with Crippen LogP contribution in [0.1, 0.15) is 55.3 Å². The minimum absolute atomic E-state index is 0.0709. The number of alkyl carbamates (subject to hydrolysis) is 1. The lowest BCUT2D eigenvalue weighted by atomic mass is 10.0. The normalized spacial score (nSPS) is 18.3. The molecule has 3 N–H and O–H groups in total. The zero-order chi connectivity index (χ0) is 23.3. The molecule has 2 amide bonds. The summed E-state index contributed by atoms with van der Waals surface area (Å²) >= 11 is 0. The van der Waals surface area contributed by atoms with Crippen LogP contribution in [0.15, 0.2) is 29.2 Å². The quantitative estimate of drug-likeness (QED) is 0.553. The molecule has 0 spiro atoms. The standard InChI is InChI=1S/C22H30N4O5S/c1-4-9-23-22(28)31-17-7-6-15(11-17)18-13-20(26-25-18)24-21(27)12-16-10-14(2)5-8-19(16)32(3,29)30/h5,8,10,13,15,17H,4,6-7,9,11-12H2,1-3H3,(H,23,28)(H2,24,25,26,27)/t15-,17-/m1/s1. The Balaban J connectivity index is 1.58. The summed E-state index contributed by atoms with van der Waals surface area (Å²) in [4.78, 5) is 24.4. The summed E-state index contributed by atoms with van der Waals surface area (Å²) in [6, 6.07) is 6.72. The van der Waals surface area contributed by atoms with E-state index >= 15 is 0 Å². The van der Waals surface area contributed by atoms with E-state index in [1.54, 1.807) is 18.2 Å². The first kappa shape index (κ1) is 23.8. The average Bonchev–Trinajstić information content (AvgIpc) is 3.34. The van der Waals surface area contributed by atoms with Gasteiger partial charge >= 0.3 is 6.09 Å². The molecular weight excluding hydrogens is 432 g/mol. The summed E-state index contributed by atoms with van der Waals surface area (Å²) in [5.41, 5.74) is 2.20. The lowest BCUT2D eigenvalue weighted by Gasteiger charge is -2.12. The number of aromatic amines is 1. The average molecular weight is 463 g/mol. The Morgan fingerprint density at radius 3 is 2.75 bits per heavy atom. The van der Waals surface area contributed by atoms with Gasteiger partial charge in [0.25, 0.3) is 0 Å². The predicted octanol–water partition coefficient (Wildman–Crippen LogP) is 3.08. The lowest BCUT2D eigenvalue weighted by molar-refractivity contribution is -0.115. The number of anilines is 1. The largest absolute Gasteiger partial charge is 0.446 e. The Labute approximate surface area is 188 Å². The molecule has 3 rings (SSSR count). The van der Waals surface area contributed by atoms with Crippen LogP contribution < -0.4 is 10.6 Å². The molecule has 10 heteroatoms. The third-order valence-corrected chi connectivity index (χ3v) is 6.65. The Hall–Kier alpha value is -2.88. The van der Waals surface area contributed by atoms with Crippen molar-refractivity contribution in [1.82, 2.24) is 15.5 Å². The van der Waals surface area contributed by atoms with Gasteiger partial charge in [0.2, 0.25) is 5.91 Å². The number of benzene rings is 1. The van der Waals surface area contributed by atoms with E-state index in [4.69, 9.17) is 4.74 Å². The summed E-state index contributed by atoms with van der Waals surface area (Å²) < 4.78 is 29.5. The number of sulfone groups is 1. The van der Waals surface area contributed by atoms with Crippen LogP contribution in [0.4, 0.5) is 10.6 Å². The number of rotatable bonds is 8. The second-order valence-corrected chi connectivity index (χ2v) is 10.3. The van der Waals surface area contributed by atoms with E-state index in [1.165, 1.54) is 6.07 Å². The van der Waals surface area contributed by atoms with Crippen molar-refractivity contribution in [2.24, 2.45) is 0 Å². The van der Waals surface area contributed by atoms with E-state index in [0.29, 0.717) is 24.3 Å². The Morgan fingerprint density at radius 2 is 2.03 bits per heavy atom. The maximum Gasteiger partial charge on any atom is 0.407 e. The molecule has 1 aliphatic carbocycles. The first-order chi connectivity index (χ1) is 15.2. The van der Waals surface area contributed by atoms with Gasteiger partial charge < -0.3 is 15.4 Å². The molecular formula is C22H30N4O5S. The maximum absolute atomic E-state index is 12.5. The van der Waals surface area contributed by atoms with Gasteiger partial charge in [-0.15, -0.1) is 0 Å². The molecule has 2 atom stereocenters. The van der Waals surface area contributed by atoms with E-state index in [2.05, 4.69) is 20.8 Å². The van der Waals surface area contributed by atoms with E-state index < -0.39 is 9.84 Å². The third-order valence-electron chi connectivity index (χ3n) is 5.45. The van der Waals surface area contributed by atoms with E-state index in [0.717, 1.165) is 36.8 Å². The van der Waals surface area contributed by atoms with Crippen molar-refractivity contribution in [2.75, 3.05) is 18.1 Å². The number of aryl methyl sites for hydroxylation is 1. The number of nitrogens with zero attached hydrogens (tertiary/aromatic N) is 1. The van der Waals surface area contributed by atoms with Crippen molar-refractivity contribution < 1.29 is 22.7 Å². The molecule has 1 aromatic heterocycles. The number of ether oxygens (including phenoxy) is 1. The second kappa shape index (κ2) is 10.2. The number of carbonyl (C=O) groups is 2. The fourth-order valence-electron chi connectivity index (χ4n) is 3.93. The van der Waals surface area contributed by atoms with Crippen LogP contribution in [-0.2, 0) is 25.8 Å². The van der Waals surface area contributed by atoms with E-state index in [9.17, 15) is 18.0 Å². The van der Waals surface area contributed by atoms with Crippen molar-refractivity contribution >= 4 is 27.7 Å². The number of H-pyrrole nitrogens is 1. The molecule has 1 heterocycles. The highest BCUT2D eigenvalue weighted by Crippen LogP contribution is 2.35. The smallest absolute Gasteiger partial charge is 0.407 e. The number of hydrogen-bond acceptors (Lipinski definition) is 6. The SMILES string of the molecule is CCCNC(=O)O[C@@H]1CC[C@@H](c2cc(NC(=O)Cc3cc(C)ccc3S(C)(=O)=O)n[nH]2)C1. The minimum Gasteiger partial charge on any atom is -0.446 e. The molecule has 0 unspecified atom stereocenters. The van der Waals surface area contributed by atoms with Crippen molar-refractivity contribution in [1.29, 1.82) is 0 Å². The highest BCUT2D eigenvalue weighted by molar-refractivity contribution is 7.90. The van der Waals surface area contributed by atoms with E-state index in [-0.39, 0.29) is 35.3 Å². The highest BCUT2D eigenvalue weighted by atomic mass is 32.2. The van der Waals surface area contributed by atoms with Crippen molar-refractivity contribution in [3.8, 4) is 0 Å². The molecule has 174 valence electrons. The van der Waals surface area contributed by atoms with Gasteiger partial charge in [-0.25, -0.2) is 13.2 Å². The van der Waals surface area contributed by atoms with E-state index in [1.807, 2.05) is 13.8 Å². The van der Waals surface area contributed by atoms with Gasteiger partial charge in [-0.2, -0.15) is 5.10 Å². The summed E-state index contributed by atoms with van der Waals surface area (Å²) in [5.74, 6) is 0.188. The van der Waals surface area contributed by atoms with Crippen LogP contribution in [0.25, 0.3) is 0 Å². The van der Waals surface area contributed by atoms with Crippen molar-refractivity contribution in [2.45, 2.75) is 62.9 Å². The number of carbonyl (C=O) groups excluding carboxylic acids is 2. The Bertz CT molecular complexity index is 1080. The fourth-order valence-corrected chi connectivity index (χ4v) is 4.85. The summed E-state index contributed by atoms with van der Waals surface area (Å²) in [6.45, 7) is 4.41. The second-order valence-electron chi connectivity index (χ2n) is 8.28. The summed E-state index contributed by atoms with van der Waals surface area (Å²) in [7, 11) is -3.44. The van der Waals surface area contributed by atoms with Crippen LogP contribution >= 0.6 is 0 Å². The van der Waals surface area contributed by atoms with Crippen molar-refractivity contribution in [3.63, 3.8) is 0 Å². The molecule has 1 saturated carbocycles. The van der Waals surface area contributed by atoms with Crippen LogP contribution in [0, 0.1) is 6.92 Å². The van der Waals surface area contributed by atoms with Gasteiger partial charge in [0.05, 0.1) is 11.3 Å². The van der Waals surface area contributed by atoms with Gasteiger partial charge in [-0.3, -0.25) is 9.89 Å². The minimum atomic E-state index is -3.44. The molecule has 0 radical (unpaired) electrons. The van der Waals surface area contributed by atoms with Crippen LogP contribution in [-0.4, -0.2) is 49.5 Å². The molecule has 0 bridgehead atoms. The lowest BCUT2D eigenvalue weighted by Crippen LogP contribution is -2.28. The summed E-state index contributed by atoms with van der Waals surface area (Å²) in [5, 5.41) is 12.6. The first-order valence-corrected chi connectivity index (χ1v) is 12.6. The van der Waals surface area contributed by atoms with Crippen molar-refractivity contribution in [3.05, 3.63) is 41.1 Å². The molecule has 1 aliphatic rings. The number of aromatic nitrogens is 2. The van der Waals surface area contributed by atoms with Gasteiger partial charge in [0, 0.05) is 30.5 Å². The molecule has 32 heavy (non-hydrogen) atoms. The number of amides is 2. The Kier molecular flexibility index (Phi) is 7.55. The first-order valence-electron chi connectivity index (χ1n) is 10.7. The zero-order valence-electron chi connectivity index (χ0n) is 18.6. The van der Waals surface area contributed by atoms with Gasteiger partial charge in [-0.05, 0) is 44.2 Å². The maximum atomic E-state index is 12.5. The monoisotopic (exact) mass is 462 g/mol. The van der Waals surface area contributed by atoms with Gasteiger partial charge in [0.1, 0.15) is 6.10 Å². The molecule has 0 aliphatic heterocycles. The summed E-state index contributed by atoms with van der Waals surface area (Å²) in [6.07, 6.45) is 3.69. The van der Waals surface area contributed by atoms with Crippen LogP contribution in [0.5, 0.6) is 0 Å². The van der Waals surface area contributed by atoms with Gasteiger partial charge in [0.15, 0.2) is 15.7 Å². The number of nitrogens with one attached hydrogen (secondary N) is 3. The predicted molar refractivity (Wildman–Crippen MR) is 120 cm³/mol. The topological polar surface area (TPSA) is 130 Å². The number of hydrogen-bond donors (Lipinski definition) is 3. The molecule has 1 aromatic carbocycles. The van der Waals surface area contributed by atoms with Gasteiger partial charge in [-0.1, -0.05) is 24.6 Å². The molecule has 9 nitrogen and oxygen atoms in total.